The van der Waals surface area contributed by atoms with E-state index < -0.39 is 0 Å². The summed E-state index contributed by atoms with van der Waals surface area (Å²) in [6.45, 7) is 0.538. The Kier molecular flexibility index (Phi) is 8.06. The maximum atomic E-state index is 12.8. The maximum Gasteiger partial charge on any atom is 0.293 e. The largest absolute Gasteiger partial charge is 0.492 e. The molecule has 3 aromatic rings. The minimum Gasteiger partial charge on any atom is -0.492 e. The molecule has 34 heavy (non-hydrogen) atoms. The molecular formula is C25H18Cl3NO4S. The summed E-state index contributed by atoms with van der Waals surface area (Å²) in [6.07, 6.45) is 1.66. The molecule has 0 N–H and O–H groups in total. The maximum absolute atomic E-state index is 12.8. The van der Waals surface area contributed by atoms with E-state index in [0.29, 0.717) is 37.0 Å². The van der Waals surface area contributed by atoms with Crippen molar-refractivity contribution in [2.75, 3.05) is 13.2 Å². The van der Waals surface area contributed by atoms with Gasteiger partial charge < -0.3 is 9.47 Å². The Hall–Kier alpha value is -2.64. The minimum atomic E-state index is -0.370. The number of hydrogen-bond acceptors (Lipinski definition) is 5. The Balaban J connectivity index is 1.42. The molecule has 1 fully saturated rings. The molecule has 1 saturated heterocycles. The van der Waals surface area contributed by atoms with Gasteiger partial charge in [0.25, 0.3) is 11.1 Å². The molecular weight excluding hydrogens is 517 g/mol. The van der Waals surface area contributed by atoms with Crippen LogP contribution in [0.4, 0.5) is 4.79 Å². The zero-order chi connectivity index (χ0) is 24.1. The molecule has 0 spiro atoms. The van der Waals surface area contributed by atoms with E-state index in [1.165, 1.54) is 4.90 Å². The lowest BCUT2D eigenvalue weighted by Gasteiger charge is -2.13. The number of benzene rings is 3. The normalized spacial score (nSPS) is 14.7. The third kappa shape index (κ3) is 6.07. The van der Waals surface area contributed by atoms with Crippen LogP contribution in [0, 0.1) is 0 Å². The SMILES string of the molecule is O=C1S/C(=C\c2ccccc2OCc2ccc(Cl)cc2Cl)C(=O)N1CCOc1ccc(Cl)cc1. The molecule has 0 aliphatic carbocycles. The Bertz CT molecular complexity index is 1250. The van der Waals surface area contributed by atoms with Crippen LogP contribution in [-0.2, 0) is 11.4 Å². The van der Waals surface area contributed by atoms with Crippen LogP contribution in [0.1, 0.15) is 11.1 Å². The van der Waals surface area contributed by atoms with Crippen molar-refractivity contribution < 1.29 is 19.1 Å². The number of ether oxygens (including phenoxy) is 2. The second-order valence-electron chi connectivity index (χ2n) is 7.20. The van der Waals surface area contributed by atoms with E-state index in [1.54, 1.807) is 54.6 Å². The van der Waals surface area contributed by atoms with E-state index in [0.717, 1.165) is 17.3 Å². The molecule has 0 radical (unpaired) electrons. The Morgan fingerprint density at radius 3 is 2.38 bits per heavy atom. The summed E-state index contributed by atoms with van der Waals surface area (Å²) in [6, 6.07) is 19.3. The second-order valence-corrected chi connectivity index (χ2v) is 9.47. The molecule has 0 bridgehead atoms. The van der Waals surface area contributed by atoms with Gasteiger partial charge in [-0.1, -0.05) is 59.1 Å². The third-order valence-electron chi connectivity index (χ3n) is 4.87. The summed E-state index contributed by atoms with van der Waals surface area (Å²) in [4.78, 5) is 26.8. The molecule has 0 aromatic heterocycles. The molecule has 0 unspecified atom stereocenters. The highest BCUT2D eigenvalue weighted by Gasteiger charge is 2.35. The summed E-state index contributed by atoms with van der Waals surface area (Å²) in [5.74, 6) is 0.801. The van der Waals surface area contributed by atoms with Gasteiger partial charge in [0.2, 0.25) is 0 Å². The van der Waals surface area contributed by atoms with Crippen molar-refractivity contribution in [2.45, 2.75) is 6.61 Å². The predicted octanol–water partition coefficient (Wildman–Crippen LogP) is 7.34. The fraction of sp³-hybridized carbons (Fsp3) is 0.120. The van der Waals surface area contributed by atoms with Crippen molar-refractivity contribution in [3.63, 3.8) is 0 Å². The molecule has 174 valence electrons. The first kappa shape index (κ1) is 24.5. The van der Waals surface area contributed by atoms with Gasteiger partial charge in [-0.15, -0.1) is 0 Å². The van der Waals surface area contributed by atoms with Crippen molar-refractivity contribution in [1.29, 1.82) is 0 Å². The Labute approximate surface area is 216 Å². The monoisotopic (exact) mass is 533 g/mol. The first-order chi connectivity index (χ1) is 16.4. The van der Waals surface area contributed by atoms with Crippen LogP contribution in [0.2, 0.25) is 15.1 Å². The quantitative estimate of drug-likeness (QED) is 0.283. The van der Waals surface area contributed by atoms with Gasteiger partial charge in [0.15, 0.2) is 0 Å². The number of amides is 2. The van der Waals surface area contributed by atoms with Gasteiger partial charge in [-0.05, 0) is 60.3 Å². The van der Waals surface area contributed by atoms with Crippen LogP contribution in [0.3, 0.4) is 0 Å². The molecule has 9 heteroatoms. The van der Waals surface area contributed by atoms with Crippen LogP contribution in [0.15, 0.2) is 71.6 Å². The van der Waals surface area contributed by atoms with Crippen molar-refractivity contribution in [2.24, 2.45) is 0 Å². The lowest BCUT2D eigenvalue weighted by atomic mass is 10.1. The van der Waals surface area contributed by atoms with E-state index in [1.807, 2.05) is 18.2 Å². The Morgan fingerprint density at radius 2 is 1.62 bits per heavy atom. The van der Waals surface area contributed by atoms with Crippen molar-refractivity contribution in [3.05, 3.63) is 97.8 Å². The summed E-state index contributed by atoms with van der Waals surface area (Å²) >= 11 is 18.9. The van der Waals surface area contributed by atoms with E-state index in [2.05, 4.69) is 0 Å². The van der Waals surface area contributed by atoms with Gasteiger partial charge in [-0.2, -0.15) is 0 Å². The molecule has 2 amide bonds. The first-order valence-corrected chi connectivity index (χ1v) is 12.2. The number of carbonyl (C=O) groups is 2. The van der Waals surface area contributed by atoms with Gasteiger partial charge in [-0.3, -0.25) is 14.5 Å². The number of nitrogens with zero attached hydrogens (tertiary/aromatic N) is 1. The van der Waals surface area contributed by atoms with Crippen LogP contribution in [0.5, 0.6) is 11.5 Å². The molecule has 1 aliphatic heterocycles. The van der Waals surface area contributed by atoms with Gasteiger partial charge in [-0.25, -0.2) is 0 Å². The van der Waals surface area contributed by atoms with Crippen molar-refractivity contribution in [1.82, 2.24) is 4.90 Å². The van der Waals surface area contributed by atoms with Gasteiger partial charge in [0.1, 0.15) is 24.7 Å². The second kappa shape index (κ2) is 11.2. The van der Waals surface area contributed by atoms with Gasteiger partial charge >= 0.3 is 0 Å². The van der Waals surface area contributed by atoms with E-state index in [-0.39, 0.29) is 30.9 Å². The summed E-state index contributed by atoms with van der Waals surface area (Å²) in [5.41, 5.74) is 1.46. The minimum absolute atomic E-state index is 0.137. The van der Waals surface area contributed by atoms with Gasteiger partial charge in [0.05, 0.1) is 11.4 Å². The zero-order valence-electron chi connectivity index (χ0n) is 17.7. The summed E-state index contributed by atoms with van der Waals surface area (Å²) in [7, 11) is 0. The third-order valence-corrected chi connectivity index (χ3v) is 6.62. The lowest BCUT2D eigenvalue weighted by molar-refractivity contribution is -0.123. The molecule has 3 aromatic carbocycles. The van der Waals surface area contributed by atoms with E-state index >= 15 is 0 Å². The van der Waals surface area contributed by atoms with Crippen molar-refractivity contribution in [3.8, 4) is 11.5 Å². The summed E-state index contributed by atoms with van der Waals surface area (Å²) < 4.78 is 11.6. The summed E-state index contributed by atoms with van der Waals surface area (Å²) in [5, 5.41) is 1.31. The molecule has 4 rings (SSSR count). The topological polar surface area (TPSA) is 55.8 Å². The fourth-order valence-electron chi connectivity index (χ4n) is 3.15. The number of carbonyl (C=O) groups excluding carboxylic acids is 2. The number of thioether (sulfide) groups is 1. The molecule has 5 nitrogen and oxygen atoms in total. The standard InChI is InChI=1S/C25H18Cl3NO4S/c26-18-7-9-20(10-8-18)32-12-11-29-24(30)23(34-25(29)31)13-16-3-1-2-4-22(16)33-15-17-5-6-19(27)14-21(17)28/h1-10,13-14H,11-12,15H2/b23-13-. The van der Waals surface area contributed by atoms with Crippen LogP contribution >= 0.6 is 46.6 Å². The highest BCUT2D eigenvalue weighted by molar-refractivity contribution is 8.18. The number of para-hydroxylation sites is 1. The van der Waals surface area contributed by atoms with E-state index in [4.69, 9.17) is 44.3 Å². The lowest BCUT2D eigenvalue weighted by Crippen LogP contribution is -2.32. The van der Waals surface area contributed by atoms with Crippen LogP contribution in [-0.4, -0.2) is 29.2 Å². The van der Waals surface area contributed by atoms with E-state index in [9.17, 15) is 9.59 Å². The molecule has 0 saturated carbocycles. The Morgan fingerprint density at radius 1 is 0.882 bits per heavy atom. The van der Waals surface area contributed by atoms with Crippen LogP contribution < -0.4 is 9.47 Å². The highest BCUT2D eigenvalue weighted by Crippen LogP contribution is 2.34. The van der Waals surface area contributed by atoms with Gasteiger partial charge in [0, 0.05) is 26.2 Å². The predicted molar refractivity (Wildman–Crippen MR) is 137 cm³/mol. The zero-order valence-corrected chi connectivity index (χ0v) is 20.8. The molecule has 1 heterocycles. The number of rotatable bonds is 8. The first-order valence-electron chi connectivity index (χ1n) is 10.2. The average Bonchev–Trinajstić information content (AvgIpc) is 3.08. The number of hydrogen-bond donors (Lipinski definition) is 0. The molecule has 1 aliphatic rings. The fourth-order valence-corrected chi connectivity index (χ4v) is 4.59. The number of halogens is 3. The highest BCUT2D eigenvalue weighted by atomic mass is 35.5. The number of imide groups is 1. The average molecular weight is 535 g/mol. The van der Waals surface area contributed by atoms with Crippen LogP contribution in [0.25, 0.3) is 6.08 Å². The molecule has 0 atom stereocenters. The smallest absolute Gasteiger partial charge is 0.293 e. The van der Waals surface area contributed by atoms with Crippen molar-refractivity contribution >= 4 is 63.8 Å².